The topological polar surface area (TPSA) is 86.8 Å². The van der Waals surface area contributed by atoms with Gasteiger partial charge in [0.05, 0.1) is 11.9 Å². The van der Waals surface area contributed by atoms with Crippen molar-refractivity contribution >= 4 is 27.5 Å². The highest BCUT2D eigenvalue weighted by molar-refractivity contribution is 7.92. The van der Waals surface area contributed by atoms with E-state index in [9.17, 15) is 26.8 Å². The van der Waals surface area contributed by atoms with Crippen molar-refractivity contribution in [2.45, 2.75) is 45.7 Å². The molecule has 0 aromatic heterocycles. The second-order valence-corrected chi connectivity index (χ2v) is 9.93. The first-order valence-electron chi connectivity index (χ1n) is 11.0. The molecule has 10 heteroatoms. The molecule has 1 atom stereocenters. The van der Waals surface area contributed by atoms with Gasteiger partial charge in [-0.05, 0) is 43.0 Å². The lowest BCUT2D eigenvalue weighted by atomic mass is 10.1. The monoisotopic (exact) mass is 495 g/mol. The number of rotatable bonds is 11. The van der Waals surface area contributed by atoms with Crippen LogP contribution < -0.4 is 9.62 Å². The lowest BCUT2D eigenvalue weighted by Gasteiger charge is -2.31. The van der Waals surface area contributed by atoms with Gasteiger partial charge >= 0.3 is 0 Å². The Morgan fingerprint density at radius 3 is 2.32 bits per heavy atom. The highest BCUT2D eigenvalue weighted by Gasteiger charge is 2.28. The summed E-state index contributed by atoms with van der Waals surface area (Å²) < 4.78 is 52.4. The first-order valence-corrected chi connectivity index (χ1v) is 12.8. The number of hydrogen-bond acceptors (Lipinski definition) is 4. The third kappa shape index (κ3) is 6.99. The molecular weight excluding hydrogens is 464 g/mol. The predicted octanol–water partition coefficient (Wildman–Crippen LogP) is 3.37. The number of benzene rings is 2. The van der Waals surface area contributed by atoms with Crippen molar-refractivity contribution in [1.82, 2.24) is 10.2 Å². The zero-order chi connectivity index (χ0) is 25.5. The number of carbonyl (C=O) groups is 2. The quantitative estimate of drug-likeness (QED) is 0.518. The minimum atomic E-state index is -3.80. The lowest BCUT2D eigenvalue weighted by molar-refractivity contribution is -0.141. The maximum atomic E-state index is 13.7. The van der Waals surface area contributed by atoms with Gasteiger partial charge in [0.2, 0.25) is 21.8 Å². The lowest BCUT2D eigenvalue weighted by Crippen LogP contribution is -2.48. The van der Waals surface area contributed by atoms with Gasteiger partial charge in [-0.15, -0.1) is 0 Å². The number of nitrogens with zero attached hydrogens (tertiary/aromatic N) is 2. The van der Waals surface area contributed by atoms with Gasteiger partial charge in [-0.1, -0.05) is 31.2 Å². The number of anilines is 1. The predicted molar refractivity (Wildman–Crippen MR) is 128 cm³/mol. The molecule has 0 bridgehead atoms. The zero-order valence-corrected chi connectivity index (χ0v) is 20.7. The second kappa shape index (κ2) is 11.9. The standard InChI is InChI=1S/C24H31F2N3O4S/c1-5-22(24(31)27-3)28(16-18-10-7-6-9-17(18)2)23(30)11-8-14-29(34(4,32)33)19-12-13-20(25)21(26)15-19/h6-7,9-10,12-13,15,22H,5,8,11,14,16H2,1-4H3,(H,27,31)/t22-/m0/s1. The van der Waals surface area contributed by atoms with E-state index in [-0.39, 0.29) is 43.4 Å². The van der Waals surface area contributed by atoms with Crippen LogP contribution in [0.1, 0.15) is 37.3 Å². The van der Waals surface area contributed by atoms with Crippen LogP contribution in [0.3, 0.4) is 0 Å². The molecule has 0 radical (unpaired) electrons. The summed E-state index contributed by atoms with van der Waals surface area (Å²) in [7, 11) is -2.30. The number of aryl methyl sites for hydroxylation is 1. The molecule has 2 aromatic carbocycles. The van der Waals surface area contributed by atoms with E-state index < -0.39 is 27.7 Å². The Kier molecular flexibility index (Phi) is 9.55. The maximum Gasteiger partial charge on any atom is 0.242 e. The van der Waals surface area contributed by atoms with Crippen molar-refractivity contribution in [1.29, 1.82) is 0 Å². The minimum Gasteiger partial charge on any atom is -0.357 e. The van der Waals surface area contributed by atoms with Gasteiger partial charge in [0.1, 0.15) is 6.04 Å². The van der Waals surface area contributed by atoms with Gasteiger partial charge in [-0.3, -0.25) is 13.9 Å². The molecular formula is C24H31F2N3O4S. The first kappa shape index (κ1) is 27.2. The summed E-state index contributed by atoms with van der Waals surface area (Å²) in [4.78, 5) is 27.2. The number of halogens is 2. The van der Waals surface area contributed by atoms with Gasteiger partial charge in [0.25, 0.3) is 0 Å². The molecule has 34 heavy (non-hydrogen) atoms. The van der Waals surface area contributed by atoms with Crippen LogP contribution in [-0.4, -0.2) is 51.0 Å². The first-order chi connectivity index (χ1) is 16.0. The Morgan fingerprint density at radius 1 is 1.09 bits per heavy atom. The number of hydrogen-bond donors (Lipinski definition) is 1. The van der Waals surface area contributed by atoms with Crippen LogP contribution >= 0.6 is 0 Å². The van der Waals surface area contributed by atoms with Crippen LogP contribution in [0.4, 0.5) is 14.5 Å². The van der Waals surface area contributed by atoms with Gasteiger partial charge in [0, 0.05) is 32.6 Å². The second-order valence-electron chi connectivity index (χ2n) is 8.02. The van der Waals surface area contributed by atoms with E-state index in [1.165, 1.54) is 18.0 Å². The average Bonchev–Trinajstić information content (AvgIpc) is 2.78. The van der Waals surface area contributed by atoms with Crippen LogP contribution in [0.2, 0.25) is 0 Å². The molecule has 2 aromatic rings. The molecule has 186 valence electrons. The van der Waals surface area contributed by atoms with Crippen molar-refractivity contribution in [3.05, 3.63) is 65.2 Å². The molecule has 1 N–H and O–H groups in total. The molecule has 0 fully saturated rings. The van der Waals surface area contributed by atoms with Crippen molar-refractivity contribution in [3.63, 3.8) is 0 Å². The SMILES string of the molecule is CC[C@@H](C(=O)NC)N(Cc1ccccc1C)C(=O)CCCN(c1ccc(F)c(F)c1)S(C)(=O)=O. The summed E-state index contributed by atoms with van der Waals surface area (Å²) >= 11 is 0. The fourth-order valence-electron chi connectivity index (χ4n) is 3.70. The van der Waals surface area contributed by atoms with E-state index in [0.717, 1.165) is 33.8 Å². The smallest absolute Gasteiger partial charge is 0.242 e. The minimum absolute atomic E-state index is 0.0255. The Morgan fingerprint density at radius 2 is 1.76 bits per heavy atom. The Labute approximate surface area is 199 Å². The molecule has 0 heterocycles. The van der Waals surface area contributed by atoms with Crippen LogP contribution in [0.5, 0.6) is 0 Å². The normalized spacial score (nSPS) is 12.2. The molecule has 7 nitrogen and oxygen atoms in total. The van der Waals surface area contributed by atoms with Gasteiger partial charge in [-0.25, -0.2) is 17.2 Å². The van der Waals surface area contributed by atoms with Gasteiger partial charge < -0.3 is 10.2 Å². The number of likely N-dealkylation sites (N-methyl/N-ethyl adjacent to an activating group) is 1. The highest BCUT2D eigenvalue weighted by atomic mass is 32.2. The third-order valence-electron chi connectivity index (χ3n) is 5.58. The van der Waals surface area contributed by atoms with E-state index in [2.05, 4.69) is 5.32 Å². The fraction of sp³-hybridized carbons (Fsp3) is 0.417. The summed E-state index contributed by atoms with van der Waals surface area (Å²) in [6, 6.07) is 9.70. The fourth-order valence-corrected chi connectivity index (χ4v) is 4.66. The van der Waals surface area contributed by atoms with E-state index in [4.69, 9.17) is 0 Å². The van der Waals surface area contributed by atoms with Crippen LogP contribution in [0.15, 0.2) is 42.5 Å². The van der Waals surface area contributed by atoms with Gasteiger partial charge in [-0.2, -0.15) is 0 Å². The molecule has 0 aliphatic carbocycles. The summed E-state index contributed by atoms with van der Waals surface area (Å²) in [5.74, 6) is -2.84. The number of amides is 2. The van der Waals surface area contributed by atoms with Crippen LogP contribution in [0, 0.1) is 18.6 Å². The largest absolute Gasteiger partial charge is 0.357 e. The van der Waals surface area contributed by atoms with Gasteiger partial charge in [0.15, 0.2) is 11.6 Å². The number of nitrogens with one attached hydrogen (secondary N) is 1. The Hall–Kier alpha value is -3.01. The molecule has 0 unspecified atom stereocenters. The van der Waals surface area contributed by atoms with E-state index >= 15 is 0 Å². The zero-order valence-electron chi connectivity index (χ0n) is 19.8. The molecule has 0 spiro atoms. The van der Waals surface area contributed by atoms with Crippen LogP contribution in [0.25, 0.3) is 0 Å². The van der Waals surface area contributed by atoms with Crippen molar-refractivity contribution in [3.8, 4) is 0 Å². The summed E-state index contributed by atoms with van der Waals surface area (Å²) in [5, 5.41) is 2.59. The van der Waals surface area contributed by atoms with E-state index in [1.54, 1.807) is 0 Å². The molecule has 2 amide bonds. The molecule has 2 rings (SSSR count). The summed E-state index contributed by atoms with van der Waals surface area (Å²) in [6.07, 6.45) is 1.45. The van der Waals surface area contributed by atoms with Crippen molar-refractivity contribution in [2.24, 2.45) is 0 Å². The van der Waals surface area contributed by atoms with E-state index in [0.29, 0.717) is 6.42 Å². The number of sulfonamides is 1. The Bertz CT molecular complexity index is 1120. The summed E-state index contributed by atoms with van der Waals surface area (Å²) in [6.45, 7) is 3.86. The molecule has 0 aliphatic rings. The number of carbonyl (C=O) groups excluding carboxylic acids is 2. The Balaban J connectivity index is 2.21. The summed E-state index contributed by atoms with van der Waals surface area (Å²) in [5.41, 5.74) is 1.86. The van der Waals surface area contributed by atoms with E-state index in [1.807, 2.05) is 38.1 Å². The van der Waals surface area contributed by atoms with Crippen LogP contribution in [-0.2, 0) is 26.2 Å². The molecule has 0 saturated carbocycles. The molecule has 0 saturated heterocycles. The molecule has 0 aliphatic heterocycles. The third-order valence-corrected chi connectivity index (χ3v) is 6.77. The maximum absolute atomic E-state index is 13.7. The van der Waals surface area contributed by atoms with Crippen molar-refractivity contribution in [2.75, 3.05) is 24.2 Å². The van der Waals surface area contributed by atoms with Crippen molar-refractivity contribution < 1.29 is 26.8 Å². The highest BCUT2D eigenvalue weighted by Crippen LogP contribution is 2.22. The average molecular weight is 496 g/mol.